The molecule has 0 fully saturated rings. The Bertz CT molecular complexity index is 1590. The molecule has 6 rings (SSSR count). The van der Waals surface area contributed by atoms with Gasteiger partial charge in [-0.1, -0.05) is 80.6 Å². The van der Waals surface area contributed by atoms with Crippen LogP contribution in [0.5, 0.6) is 0 Å². The molecule has 2 unspecified atom stereocenters. The Balaban J connectivity index is 0.000000434. The Labute approximate surface area is 256 Å². The van der Waals surface area contributed by atoms with E-state index in [4.69, 9.17) is 20.2 Å². The summed E-state index contributed by atoms with van der Waals surface area (Å²) in [6, 6.07) is 37.0. The number of hydrogen-bond acceptors (Lipinski definition) is 4. The molecule has 211 valence electrons. The van der Waals surface area contributed by atoms with Crippen LogP contribution in [-0.4, -0.2) is 32.4 Å². The second-order valence-corrected chi connectivity index (χ2v) is 11.0. The summed E-state index contributed by atoms with van der Waals surface area (Å²) in [5.74, 6) is 0. The van der Waals surface area contributed by atoms with E-state index >= 15 is 0 Å². The van der Waals surface area contributed by atoms with Crippen molar-refractivity contribution in [3.8, 4) is 44.9 Å². The maximum absolute atomic E-state index is 8.56. The van der Waals surface area contributed by atoms with E-state index in [1.54, 1.807) is 13.8 Å². The Morgan fingerprint density at radius 2 is 1.39 bits per heavy atom. The van der Waals surface area contributed by atoms with Crippen LogP contribution >= 0.6 is 0 Å². The molecule has 4 nitrogen and oxygen atoms in total. The topological polar surface area (TPSA) is 66.2 Å². The number of rotatable bonds is 5. The first-order valence-electron chi connectivity index (χ1n) is 13.8. The van der Waals surface area contributed by atoms with Crippen LogP contribution in [0, 0.1) is 6.07 Å². The SMILES string of the molecule is CC(O)CC(C)O.CC1(C)c2ccccc2-c2ccc(-c3nc(-c4ccccc4)cnc3-c3[c-]cccc3)cc21.[Ir]. The van der Waals surface area contributed by atoms with Crippen molar-refractivity contribution < 1.29 is 30.3 Å². The fraction of sp³-hybridized carbons (Fsp3) is 0.222. The fourth-order valence-electron chi connectivity index (χ4n) is 5.42. The summed E-state index contributed by atoms with van der Waals surface area (Å²) in [7, 11) is 0. The van der Waals surface area contributed by atoms with Crippen molar-refractivity contribution in [2.45, 2.75) is 51.7 Å². The summed E-state index contributed by atoms with van der Waals surface area (Å²) >= 11 is 0. The smallest absolute Gasteiger partial charge is 0.0873 e. The van der Waals surface area contributed by atoms with Gasteiger partial charge in [0.2, 0.25) is 0 Å². The first-order valence-corrected chi connectivity index (χ1v) is 13.8. The molecule has 2 atom stereocenters. The molecule has 5 heteroatoms. The standard InChI is InChI=1S/C31H23N2.C5H12O2.Ir/c1-31(2)26-16-10-9-15-24(26)25-18-17-23(19-27(25)31)30-29(22-13-7-4-8-14-22)32-20-28(33-30)21-11-5-3-6-12-21;1-4(6)3-5(2)7;/h3-13,15-20H,1-2H3;4-7H,3H2,1-2H3;/q-1;;. The maximum atomic E-state index is 8.56. The molecule has 0 amide bonds. The number of aromatic nitrogens is 2. The third kappa shape index (κ3) is 6.55. The summed E-state index contributed by atoms with van der Waals surface area (Å²) in [6.45, 7) is 7.93. The average molecular weight is 720 g/mol. The Morgan fingerprint density at radius 1 is 0.732 bits per heavy atom. The number of aliphatic hydroxyl groups excluding tert-OH is 2. The van der Waals surface area contributed by atoms with Crippen LogP contribution in [0.4, 0.5) is 0 Å². The van der Waals surface area contributed by atoms with Crippen LogP contribution in [0.25, 0.3) is 44.9 Å². The van der Waals surface area contributed by atoms with Crippen LogP contribution in [0.2, 0.25) is 0 Å². The van der Waals surface area contributed by atoms with Gasteiger partial charge in [-0.3, -0.25) is 4.98 Å². The number of aliphatic hydroxyl groups is 2. The molecule has 1 heterocycles. The molecule has 5 aromatic rings. The number of fused-ring (bicyclic) bond motifs is 3. The predicted molar refractivity (Wildman–Crippen MR) is 163 cm³/mol. The van der Waals surface area contributed by atoms with Crippen LogP contribution in [0.1, 0.15) is 45.2 Å². The minimum atomic E-state index is -0.375. The van der Waals surface area contributed by atoms with E-state index in [1.165, 1.54) is 22.3 Å². The maximum Gasteiger partial charge on any atom is 0.0873 e. The van der Waals surface area contributed by atoms with Gasteiger partial charge in [0.15, 0.2) is 0 Å². The molecular formula is C36H35IrN2O2-. The van der Waals surface area contributed by atoms with E-state index in [2.05, 4.69) is 74.5 Å². The fourth-order valence-corrected chi connectivity index (χ4v) is 5.42. The van der Waals surface area contributed by atoms with Gasteiger partial charge in [-0.2, -0.15) is 0 Å². The van der Waals surface area contributed by atoms with Gasteiger partial charge in [0, 0.05) is 43.0 Å². The van der Waals surface area contributed by atoms with Gasteiger partial charge in [-0.15, -0.1) is 35.9 Å². The van der Waals surface area contributed by atoms with Gasteiger partial charge in [-0.25, -0.2) is 0 Å². The molecule has 0 aliphatic heterocycles. The van der Waals surface area contributed by atoms with Crippen molar-refractivity contribution in [2.24, 2.45) is 0 Å². The molecule has 1 aliphatic rings. The normalized spacial score (nSPS) is 14.0. The second-order valence-electron chi connectivity index (χ2n) is 11.0. The number of hydrogen-bond donors (Lipinski definition) is 2. The summed E-state index contributed by atoms with van der Waals surface area (Å²) in [5, 5.41) is 17.1. The van der Waals surface area contributed by atoms with Gasteiger partial charge >= 0.3 is 0 Å². The van der Waals surface area contributed by atoms with E-state index in [9.17, 15) is 0 Å². The molecule has 0 saturated carbocycles. The number of benzene rings is 4. The molecule has 0 spiro atoms. The zero-order valence-corrected chi connectivity index (χ0v) is 26.2. The van der Waals surface area contributed by atoms with Crippen LogP contribution in [-0.2, 0) is 25.5 Å². The molecule has 2 N–H and O–H groups in total. The monoisotopic (exact) mass is 720 g/mol. The summed E-state index contributed by atoms with van der Waals surface area (Å²) < 4.78 is 0. The molecule has 1 aliphatic carbocycles. The van der Waals surface area contributed by atoms with Gasteiger partial charge < -0.3 is 15.2 Å². The average Bonchev–Trinajstić information content (AvgIpc) is 3.19. The van der Waals surface area contributed by atoms with Crippen molar-refractivity contribution in [1.29, 1.82) is 0 Å². The third-order valence-electron chi connectivity index (χ3n) is 7.35. The Morgan fingerprint density at radius 3 is 2.05 bits per heavy atom. The molecule has 0 bridgehead atoms. The molecule has 4 aromatic carbocycles. The van der Waals surface area contributed by atoms with E-state index in [0.29, 0.717) is 6.42 Å². The number of nitrogens with zero attached hydrogens (tertiary/aromatic N) is 2. The van der Waals surface area contributed by atoms with Crippen molar-refractivity contribution in [2.75, 3.05) is 0 Å². The quantitative estimate of drug-likeness (QED) is 0.183. The van der Waals surface area contributed by atoms with E-state index in [-0.39, 0.29) is 37.7 Å². The van der Waals surface area contributed by atoms with E-state index in [0.717, 1.165) is 33.8 Å². The molecule has 1 aromatic heterocycles. The van der Waals surface area contributed by atoms with Crippen molar-refractivity contribution in [1.82, 2.24) is 9.97 Å². The van der Waals surface area contributed by atoms with Gasteiger partial charge in [0.05, 0.1) is 23.6 Å². The van der Waals surface area contributed by atoms with Gasteiger partial charge in [0.1, 0.15) is 0 Å². The largest absolute Gasteiger partial charge is 0.393 e. The molecular weight excluding hydrogens is 685 g/mol. The first-order chi connectivity index (χ1) is 19.3. The van der Waals surface area contributed by atoms with E-state index < -0.39 is 0 Å². The first kappa shape index (κ1) is 30.5. The zero-order chi connectivity index (χ0) is 28.3. The van der Waals surface area contributed by atoms with Gasteiger partial charge in [0.25, 0.3) is 0 Å². The van der Waals surface area contributed by atoms with Crippen LogP contribution in [0.3, 0.4) is 0 Å². The van der Waals surface area contributed by atoms with Crippen LogP contribution in [0.15, 0.2) is 103 Å². The minimum Gasteiger partial charge on any atom is -0.393 e. The molecule has 0 saturated heterocycles. The van der Waals surface area contributed by atoms with Crippen molar-refractivity contribution in [3.63, 3.8) is 0 Å². The van der Waals surface area contributed by atoms with Crippen molar-refractivity contribution >= 4 is 0 Å². The Hall–Kier alpha value is -3.47. The van der Waals surface area contributed by atoms with Crippen LogP contribution < -0.4 is 0 Å². The summed E-state index contributed by atoms with van der Waals surface area (Å²) in [4.78, 5) is 10.0. The minimum absolute atomic E-state index is 0. The Kier molecular flexibility index (Phi) is 9.68. The molecule has 41 heavy (non-hydrogen) atoms. The van der Waals surface area contributed by atoms with Gasteiger partial charge in [-0.05, 0) is 54.2 Å². The summed E-state index contributed by atoms with van der Waals surface area (Å²) in [6.07, 6.45) is 1.59. The second kappa shape index (κ2) is 13.0. The van der Waals surface area contributed by atoms with E-state index in [1.807, 2.05) is 48.7 Å². The molecule has 1 radical (unpaired) electrons. The third-order valence-corrected chi connectivity index (χ3v) is 7.35. The summed E-state index contributed by atoms with van der Waals surface area (Å²) in [5.41, 5.74) is 11.0. The zero-order valence-electron chi connectivity index (χ0n) is 23.8. The predicted octanol–water partition coefficient (Wildman–Crippen LogP) is 7.72. The van der Waals surface area contributed by atoms with Crippen molar-refractivity contribution in [3.05, 3.63) is 120 Å².